The Balaban J connectivity index is 2.94. The first kappa shape index (κ1) is 8.78. The van der Waals surface area contributed by atoms with Crippen LogP contribution >= 0.6 is 23.2 Å². The van der Waals surface area contributed by atoms with Gasteiger partial charge in [-0.2, -0.15) is 4.98 Å². The first-order chi connectivity index (χ1) is 6.09. The molecule has 0 aliphatic carbocycles. The fourth-order valence-corrected chi connectivity index (χ4v) is 1.81. The Kier molecular flexibility index (Phi) is 1.93. The van der Waals surface area contributed by atoms with Crippen molar-refractivity contribution in [2.24, 2.45) is 0 Å². The number of aromatic amines is 1. The van der Waals surface area contributed by atoms with E-state index in [1.54, 1.807) is 0 Å². The molecule has 0 saturated heterocycles. The first-order valence-corrected chi connectivity index (χ1v) is 4.53. The maximum Gasteiger partial charge on any atom is 0.225 e. The fraction of sp³-hybridized carbons (Fsp3) is 0.250. The molecule has 0 fully saturated rings. The van der Waals surface area contributed by atoms with Crippen LogP contribution in [-0.4, -0.2) is 15.0 Å². The van der Waals surface area contributed by atoms with Crippen LogP contribution in [0.3, 0.4) is 0 Å². The van der Waals surface area contributed by atoms with Crippen molar-refractivity contribution in [2.75, 3.05) is 0 Å². The van der Waals surface area contributed by atoms with E-state index in [1.807, 2.05) is 13.8 Å². The van der Waals surface area contributed by atoms with E-state index in [4.69, 9.17) is 23.2 Å². The Labute approximate surface area is 85.1 Å². The lowest BCUT2D eigenvalue weighted by molar-refractivity contribution is 1.18. The van der Waals surface area contributed by atoms with E-state index in [2.05, 4.69) is 15.0 Å². The summed E-state index contributed by atoms with van der Waals surface area (Å²) in [6, 6.07) is 0. The number of aryl methyl sites for hydroxylation is 2. The van der Waals surface area contributed by atoms with E-state index in [-0.39, 0.29) is 5.28 Å². The minimum absolute atomic E-state index is 0.166. The van der Waals surface area contributed by atoms with Gasteiger partial charge in [0.2, 0.25) is 5.28 Å². The zero-order valence-corrected chi connectivity index (χ0v) is 8.66. The Morgan fingerprint density at radius 1 is 1.15 bits per heavy atom. The van der Waals surface area contributed by atoms with Crippen molar-refractivity contribution in [2.45, 2.75) is 13.8 Å². The summed E-state index contributed by atoms with van der Waals surface area (Å²) in [5.41, 5.74) is 2.80. The van der Waals surface area contributed by atoms with Gasteiger partial charge in [0.25, 0.3) is 0 Å². The highest BCUT2D eigenvalue weighted by atomic mass is 35.5. The van der Waals surface area contributed by atoms with Crippen molar-refractivity contribution in [3.8, 4) is 0 Å². The van der Waals surface area contributed by atoms with Crippen molar-refractivity contribution in [1.29, 1.82) is 0 Å². The molecule has 0 spiro atoms. The number of halogens is 2. The minimum atomic E-state index is 0.166. The van der Waals surface area contributed by atoms with Crippen LogP contribution in [0.1, 0.15) is 11.3 Å². The Morgan fingerprint density at radius 3 is 2.54 bits per heavy atom. The summed E-state index contributed by atoms with van der Waals surface area (Å²) < 4.78 is 0. The van der Waals surface area contributed by atoms with Crippen molar-refractivity contribution < 1.29 is 0 Å². The molecule has 0 radical (unpaired) electrons. The summed E-state index contributed by atoms with van der Waals surface area (Å²) in [4.78, 5) is 11.0. The Morgan fingerprint density at radius 2 is 1.85 bits per heavy atom. The van der Waals surface area contributed by atoms with Gasteiger partial charge in [-0.25, -0.2) is 4.98 Å². The molecule has 0 saturated carbocycles. The number of H-pyrrole nitrogens is 1. The van der Waals surface area contributed by atoms with Gasteiger partial charge in [0.05, 0.1) is 5.39 Å². The molecule has 0 atom stereocenters. The van der Waals surface area contributed by atoms with Crippen LogP contribution in [0.2, 0.25) is 10.4 Å². The summed E-state index contributed by atoms with van der Waals surface area (Å²) in [7, 11) is 0. The van der Waals surface area contributed by atoms with Gasteiger partial charge in [-0.3, -0.25) is 0 Å². The molecule has 0 bridgehead atoms. The van der Waals surface area contributed by atoms with Crippen LogP contribution in [0.25, 0.3) is 11.0 Å². The molecular weight excluding hydrogens is 209 g/mol. The van der Waals surface area contributed by atoms with E-state index in [0.29, 0.717) is 10.8 Å². The third-order valence-corrected chi connectivity index (χ3v) is 2.52. The number of hydrogen-bond acceptors (Lipinski definition) is 2. The predicted molar refractivity (Wildman–Crippen MR) is 53.4 cm³/mol. The smallest absolute Gasteiger partial charge is 0.225 e. The number of aromatic nitrogens is 3. The molecule has 0 aliphatic rings. The Hall–Kier alpha value is -0.800. The summed E-state index contributed by atoms with van der Waals surface area (Å²) in [5, 5.41) is 1.42. The van der Waals surface area contributed by atoms with E-state index in [1.165, 1.54) is 0 Å². The van der Waals surface area contributed by atoms with Crippen molar-refractivity contribution in [1.82, 2.24) is 15.0 Å². The third-order valence-electron chi connectivity index (χ3n) is 2.08. The summed E-state index contributed by atoms with van der Waals surface area (Å²) >= 11 is 11.6. The lowest BCUT2D eigenvalue weighted by Gasteiger charge is -1.94. The first-order valence-electron chi connectivity index (χ1n) is 3.77. The summed E-state index contributed by atoms with van der Waals surface area (Å²) in [6.07, 6.45) is 0. The second kappa shape index (κ2) is 2.86. The zero-order valence-electron chi connectivity index (χ0n) is 7.15. The molecule has 2 rings (SSSR count). The average Bonchev–Trinajstić information content (AvgIpc) is 2.27. The predicted octanol–water partition coefficient (Wildman–Crippen LogP) is 2.88. The normalized spacial score (nSPS) is 11.1. The average molecular weight is 216 g/mol. The maximum absolute atomic E-state index is 5.93. The fourth-order valence-electron chi connectivity index (χ4n) is 1.29. The zero-order chi connectivity index (χ0) is 9.59. The lowest BCUT2D eigenvalue weighted by Crippen LogP contribution is -1.84. The molecule has 2 heterocycles. The monoisotopic (exact) mass is 215 g/mol. The molecule has 0 unspecified atom stereocenters. The Bertz CT molecular complexity index is 476. The largest absolute Gasteiger partial charge is 0.343 e. The minimum Gasteiger partial charge on any atom is -0.343 e. The highest BCUT2D eigenvalue weighted by Crippen LogP contribution is 2.26. The van der Waals surface area contributed by atoms with Gasteiger partial charge in [-0.15, -0.1) is 0 Å². The molecule has 13 heavy (non-hydrogen) atoms. The van der Waals surface area contributed by atoms with Gasteiger partial charge in [0.1, 0.15) is 10.8 Å². The number of rotatable bonds is 0. The summed E-state index contributed by atoms with van der Waals surface area (Å²) in [5.74, 6) is 0. The topological polar surface area (TPSA) is 41.6 Å². The molecule has 2 aromatic rings. The van der Waals surface area contributed by atoms with Crippen LogP contribution in [0.5, 0.6) is 0 Å². The summed E-state index contributed by atoms with van der Waals surface area (Å²) in [6.45, 7) is 3.93. The quantitative estimate of drug-likeness (QED) is 0.543. The molecule has 3 nitrogen and oxygen atoms in total. The van der Waals surface area contributed by atoms with Gasteiger partial charge in [0.15, 0.2) is 0 Å². The van der Waals surface area contributed by atoms with E-state index < -0.39 is 0 Å². The van der Waals surface area contributed by atoms with Crippen LogP contribution in [0.15, 0.2) is 0 Å². The number of nitrogens with zero attached hydrogens (tertiary/aromatic N) is 2. The van der Waals surface area contributed by atoms with Crippen molar-refractivity contribution in [3.05, 3.63) is 21.7 Å². The van der Waals surface area contributed by atoms with Gasteiger partial charge in [0, 0.05) is 5.69 Å². The highest BCUT2D eigenvalue weighted by Gasteiger charge is 2.11. The van der Waals surface area contributed by atoms with Crippen LogP contribution < -0.4 is 0 Å². The van der Waals surface area contributed by atoms with Crippen LogP contribution in [-0.2, 0) is 0 Å². The molecule has 68 valence electrons. The lowest BCUT2D eigenvalue weighted by atomic mass is 10.2. The SMILES string of the molecule is Cc1[nH]c2nc(Cl)nc(Cl)c2c1C. The number of nitrogens with one attached hydrogen (secondary N) is 1. The number of hydrogen-bond donors (Lipinski definition) is 1. The van der Waals surface area contributed by atoms with Gasteiger partial charge in [-0.1, -0.05) is 11.6 Å². The van der Waals surface area contributed by atoms with E-state index >= 15 is 0 Å². The second-order valence-corrected chi connectivity index (χ2v) is 3.58. The van der Waals surface area contributed by atoms with Crippen molar-refractivity contribution >= 4 is 34.2 Å². The molecule has 0 aliphatic heterocycles. The standard InChI is InChI=1S/C8H7Cl2N3/c1-3-4(2)11-7-5(3)6(9)12-8(10)13-7/h1-2H3,(H,11,12,13). The maximum atomic E-state index is 5.93. The molecular formula is C8H7Cl2N3. The highest BCUT2D eigenvalue weighted by molar-refractivity contribution is 6.35. The molecule has 2 aromatic heterocycles. The molecule has 1 N–H and O–H groups in total. The number of fused-ring (bicyclic) bond motifs is 1. The van der Waals surface area contributed by atoms with Gasteiger partial charge >= 0.3 is 0 Å². The molecule has 0 aromatic carbocycles. The van der Waals surface area contributed by atoms with E-state index in [9.17, 15) is 0 Å². The van der Waals surface area contributed by atoms with Crippen LogP contribution in [0.4, 0.5) is 0 Å². The van der Waals surface area contributed by atoms with Gasteiger partial charge < -0.3 is 4.98 Å². The van der Waals surface area contributed by atoms with Crippen LogP contribution in [0, 0.1) is 13.8 Å². The van der Waals surface area contributed by atoms with Gasteiger partial charge in [-0.05, 0) is 31.0 Å². The van der Waals surface area contributed by atoms with Crippen molar-refractivity contribution in [3.63, 3.8) is 0 Å². The van der Waals surface area contributed by atoms with E-state index in [0.717, 1.165) is 16.6 Å². The molecule has 0 amide bonds. The third kappa shape index (κ3) is 1.28. The molecule has 5 heteroatoms. The second-order valence-electron chi connectivity index (χ2n) is 2.88.